The number of hydrogen-bond donors (Lipinski definition) is 0. The number of hydrogen-bond acceptors (Lipinski definition) is 3. The summed E-state index contributed by atoms with van der Waals surface area (Å²) in [4.78, 5) is 9.80. The molecule has 61 heavy (non-hydrogen) atoms. The molecular formula is C55H47IrN3SSi-2. The molecule has 0 aliphatic carbocycles. The van der Waals surface area contributed by atoms with E-state index >= 15 is 0 Å². The normalized spacial score (nSPS) is 12.2. The molecule has 10 rings (SSSR count). The fourth-order valence-corrected chi connectivity index (χ4v) is 10.5. The van der Waals surface area contributed by atoms with Crippen LogP contribution < -0.4 is 5.19 Å². The molecule has 1 radical (unpaired) electrons. The molecule has 0 bridgehead atoms. The fourth-order valence-electron chi connectivity index (χ4n) is 7.87. The van der Waals surface area contributed by atoms with Crippen LogP contribution >= 0.6 is 11.3 Å². The zero-order chi connectivity index (χ0) is 43.0. The summed E-state index contributed by atoms with van der Waals surface area (Å²) < 4.78 is 21.9. The Bertz CT molecular complexity index is 3180. The van der Waals surface area contributed by atoms with Gasteiger partial charge in [0.1, 0.15) is 0 Å². The van der Waals surface area contributed by atoms with Gasteiger partial charge in [-0.05, 0) is 74.2 Å². The number of benzene rings is 7. The van der Waals surface area contributed by atoms with Crippen LogP contribution in [0.2, 0.25) is 19.6 Å². The Balaban J connectivity index is 0.000000203. The van der Waals surface area contributed by atoms with Gasteiger partial charge in [0.05, 0.1) is 24.9 Å². The summed E-state index contributed by atoms with van der Waals surface area (Å²) >= 11 is 1.82. The zero-order valence-corrected chi connectivity index (χ0v) is 39.1. The van der Waals surface area contributed by atoms with Crippen molar-refractivity contribution in [2.24, 2.45) is 5.92 Å². The van der Waals surface area contributed by atoms with E-state index in [9.17, 15) is 0 Å². The zero-order valence-electron chi connectivity index (χ0n) is 36.9. The summed E-state index contributed by atoms with van der Waals surface area (Å²) in [6.45, 7) is 10.6. The van der Waals surface area contributed by atoms with E-state index in [1.165, 1.54) is 42.4 Å². The molecule has 0 amide bonds. The summed E-state index contributed by atoms with van der Waals surface area (Å²) in [5.74, 6) is 0.822. The molecule has 0 spiro atoms. The first-order chi connectivity index (χ1) is 30.0. The van der Waals surface area contributed by atoms with Gasteiger partial charge >= 0.3 is 0 Å². The van der Waals surface area contributed by atoms with E-state index in [4.69, 9.17) is 7.73 Å². The van der Waals surface area contributed by atoms with Gasteiger partial charge in [-0.3, -0.25) is 4.98 Å². The molecule has 0 N–H and O–H groups in total. The Kier molecular flexibility index (Phi) is 11.7. The summed E-state index contributed by atoms with van der Waals surface area (Å²) in [5.41, 5.74) is 11.5. The monoisotopic (exact) mass is 1000 g/mol. The number of nitrogens with zero attached hydrogens (tertiary/aromatic N) is 3. The van der Waals surface area contributed by atoms with Gasteiger partial charge in [-0.15, -0.1) is 54.1 Å². The summed E-state index contributed by atoms with van der Waals surface area (Å²) in [5, 5.41) is 3.61. The molecule has 6 heteroatoms. The van der Waals surface area contributed by atoms with Gasteiger partial charge < -0.3 is 9.55 Å². The molecule has 0 saturated carbocycles. The van der Waals surface area contributed by atoms with Crippen LogP contribution in [0.15, 0.2) is 176 Å². The second-order valence-electron chi connectivity index (χ2n) is 16.4. The Hall–Kier alpha value is -5.75. The average molecular weight is 1000 g/mol. The Labute approximate surface area is 381 Å². The van der Waals surface area contributed by atoms with Gasteiger partial charge in [0, 0.05) is 45.0 Å². The Morgan fingerprint density at radius 1 is 0.689 bits per heavy atom. The van der Waals surface area contributed by atoms with Crippen molar-refractivity contribution in [1.82, 2.24) is 14.5 Å². The molecule has 0 saturated heterocycles. The van der Waals surface area contributed by atoms with Crippen LogP contribution in [0.4, 0.5) is 0 Å². The molecule has 0 unspecified atom stereocenters. The van der Waals surface area contributed by atoms with E-state index in [1.54, 1.807) is 0 Å². The van der Waals surface area contributed by atoms with Gasteiger partial charge in [0.25, 0.3) is 0 Å². The van der Waals surface area contributed by atoms with Crippen molar-refractivity contribution < 1.29 is 22.8 Å². The van der Waals surface area contributed by atoms with Gasteiger partial charge in [0.2, 0.25) is 0 Å². The number of imidazole rings is 1. The van der Waals surface area contributed by atoms with Crippen molar-refractivity contribution >= 4 is 55.8 Å². The van der Waals surface area contributed by atoms with Crippen molar-refractivity contribution in [2.75, 3.05) is 0 Å². The topological polar surface area (TPSA) is 30.7 Å². The summed E-state index contributed by atoms with van der Waals surface area (Å²) in [7, 11) is -1.67. The molecule has 0 aliphatic heterocycles. The smallest absolute Gasteiger partial charge is 0.0798 e. The minimum atomic E-state index is -1.67. The van der Waals surface area contributed by atoms with Crippen molar-refractivity contribution in [3.63, 3.8) is 0 Å². The maximum atomic E-state index is 8.55. The average Bonchev–Trinajstić information content (AvgIpc) is 3.88. The van der Waals surface area contributed by atoms with Crippen molar-refractivity contribution in [2.45, 2.75) is 39.9 Å². The van der Waals surface area contributed by atoms with E-state index in [0.717, 1.165) is 50.1 Å². The summed E-state index contributed by atoms with van der Waals surface area (Å²) in [6.07, 6.45) is 0.528. The molecule has 7 aromatic carbocycles. The fraction of sp³-hybridized carbons (Fsp3) is 0.127. The van der Waals surface area contributed by atoms with Crippen molar-refractivity contribution in [3.8, 4) is 50.6 Å². The van der Waals surface area contributed by atoms with Crippen molar-refractivity contribution in [3.05, 3.63) is 194 Å². The number of fused-ring (bicyclic) bond motifs is 4. The van der Waals surface area contributed by atoms with Gasteiger partial charge in [-0.25, -0.2) is 0 Å². The van der Waals surface area contributed by atoms with Crippen LogP contribution in [0.25, 0.3) is 81.8 Å². The van der Waals surface area contributed by atoms with E-state index < -0.39 is 14.4 Å². The van der Waals surface area contributed by atoms with Crippen molar-refractivity contribution in [1.29, 1.82) is 0 Å². The molecule has 10 aromatic rings. The van der Waals surface area contributed by atoms with Crippen LogP contribution in [0.3, 0.4) is 0 Å². The molecule has 3 aromatic heterocycles. The molecule has 3 nitrogen and oxygen atoms in total. The Morgan fingerprint density at radius 2 is 1.39 bits per heavy atom. The van der Waals surface area contributed by atoms with E-state index in [0.29, 0.717) is 0 Å². The van der Waals surface area contributed by atoms with Crippen LogP contribution in [0.1, 0.15) is 22.2 Å². The molecular weight excluding hydrogens is 955 g/mol. The number of para-hydroxylation sites is 3. The van der Waals surface area contributed by atoms with Crippen LogP contribution in [-0.2, 0) is 26.5 Å². The second kappa shape index (κ2) is 18.1. The number of aromatic nitrogens is 3. The Morgan fingerprint density at radius 3 is 2.13 bits per heavy atom. The summed E-state index contributed by atoms with van der Waals surface area (Å²) in [6, 6.07) is 65.6. The third kappa shape index (κ3) is 8.73. The number of pyridine rings is 1. The van der Waals surface area contributed by atoms with Gasteiger partial charge in [-0.1, -0.05) is 159 Å². The maximum absolute atomic E-state index is 8.55. The maximum Gasteiger partial charge on any atom is 0.0798 e. The first kappa shape index (κ1) is 39.4. The van der Waals surface area contributed by atoms with Gasteiger partial charge in [-0.2, -0.15) is 11.3 Å². The molecule has 0 atom stereocenters. The molecule has 3 heterocycles. The van der Waals surface area contributed by atoms with E-state index in [2.05, 4.69) is 175 Å². The van der Waals surface area contributed by atoms with E-state index in [-0.39, 0.29) is 26.0 Å². The first-order valence-corrected chi connectivity index (χ1v) is 24.8. The minimum absolute atomic E-state index is 0. The minimum Gasteiger partial charge on any atom is -0.333 e. The number of rotatable bonds is 8. The second-order valence-corrected chi connectivity index (χ2v) is 22.4. The predicted molar refractivity (Wildman–Crippen MR) is 259 cm³/mol. The SMILES string of the molecule is [2H]C([2H])(c1cc(-c2[c-]cccc2)ncc1[Si](C)(C)C)C(C)C.[Ir].[c-]1ccc2c(sc3cc(-c4ccccc4)ccc32)c1-c1nc2ccccc2n1-c1ccccc1-c1ccccc1. The van der Waals surface area contributed by atoms with Crippen LogP contribution in [0, 0.1) is 18.1 Å². The molecule has 0 aliphatic rings. The quantitative estimate of drug-likeness (QED) is 0.112. The van der Waals surface area contributed by atoms with Crippen LogP contribution in [0.5, 0.6) is 0 Å². The van der Waals surface area contributed by atoms with E-state index in [1.807, 2.05) is 67.8 Å². The predicted octanol–water partition coefficient (Wildman–Crippen LogP) is 14.5. The van der Waals surface area contributed by atoms with Gasteiger partial charge in [0.15, 0.2) is 0 Å². The third-order valence-corrected chi connectivity index (χ3v) is 13.9. The molecule has 0 fully saturated rings. The molecule has 303 valence electrons. The largest absolute Gasteiger partial charge is 0.333 e. The third-order valence-electron chi connectivity index (χ3n) is 10.7. The first-order valence-electron chi connectivity index (χ1n) is 21.5. The standard InChI is InChI=1S/C37H23N2S.C18H24NSi.Ir/c1-3-12-25(13-4-1)27-22-23-29-30-17-11-18-31(36(30)40-35(29)24-27)37-38-32-19-8-10-21-34(32)39(37)33-20-9-7-16-28(33)26-14-5-2-6-15-26;1-14(2)11-16-12-17(15-9-7-6-8-10-15)19-13-18(16)20(3,4)5;/h1-17,19-24H;6-9,12-14H,11H2,1-5H3;/q2*-1;/i;11D2;. The number of thiophene rings is 1. The van der Waals surface area contributed by atoms with Crippen LogP contribution in [-0.4, -0.2) is 22.6 Å².